The van der Waals surface area contributed by atoms with Crippen molar-refractivity contribution in [3.63, 3.8) is 0 Å². The molecule has 0 aromatic rings. The summed E-state index contributed by atoms with van der Waals surface area (Å²) in [6.07, 6.45) is 0.510. The van der Waals surface area contributed by atoms with Crippen molar-refractivity contribution in [1.29, 1.82) is 0 Å². The summed E-state index contributed by atoms with van der Waals surface area (Å²) in [6, 6.07) is -0.317. The first-order chi connectivity index (χ1) is 8.87. The van der Waals surface area contributed by atoms with Crippen molar-refractivity contribution in [3.05, 3.63) is 0 Å². The third-order valence-electron chi connectivity index (χ3n) is 3.42. The van der Waals surface area contributed by atoms with Crippen LogP contribution in [-0.2, 0) is 18.3 Å². The van der Waals surface area contributed by atoms with Gasteiger partial charge in [-0.15, -0.1) is 0 Å². The highest BCUT2D eigenvalue weighted by Gasteiger charge is 2.37. The van der Waals surface area contributed by atoms with Gasteiger partial charge in [0.25, 0.3) is 0 Å². The van der Waals surface area contributed by atoms with Gasteiger partial charge >= 0.3 is 7.82 Å². The Morgan fingerprint density at radius 3 is 2.68 bits per heavy atom. The maximum Gasteiger partial charge on any atom is 0.472 e. The molecule has 0 aromatic heterocycles. The van der Waals surface area contributed by atoms with E-state index in [1.165, 1.54) is 0 Å². The molecule has 2 aliphatic heterocycles. The predicted molar refractivity (Wildman–Crippen MR) is 75.3 cm³/mol. The minimum absolute atomic E-state index is 0.0438. The molecule has 0 aromatic carbocycles. The Balaban J connectivity index is 1.77. The van der Waals surface area contributed by atoms with Gasteiger partial charge in [-0.3, -0.25) is 9.05 Å². The maximum absolute atomic E-state index is 11.7. The summed E-state index contributed by atoms with van der Waals surface area (Å²) in [5.41, 5.74) is 0. The molecule has 2 saturated heterocycles. The van der Waals surface area contributed by atoms with E-state index in [1.54, 1.807) is 11.8 Å². The second-order valence-corrected chi connectivity index (χ2v) is 8.16. The van der Waals surface area contributed by atoms with Crippen LogP contribution >= 0.6 is 19.6 Å². The number of phosphoric ester groups is 1. The number of hydrogen-bond acceptors (Lipinski definition) is 5. The third-order valence-corrected chi connectivity index (χ3v) is 5.31. The molecule has 0 spiro atoms. The van der Waals surface area contributed by atoms with Gasteiger partial charge in [0.05, 0.1) is 19.3 Å². The molecule has 5 nitrogen and oxygen atoms in total. The Labute approximate surface area is 119 Å². The molecule has 0 aliphatic carbocycles. The number of thioether (sulfide) groups is 1. The molecule has 2 radical (unpaired) electrons. The Morgan fingerprint density at radius 1 is 1.47 bits per heavy atom. The van der Waals surface area contributed by atoms with Crippen LogP contribution in [0, 0.1) is 11.8 Å². The number of hydrogen-bond donors (Lipinski definition) is 1. The monoisotopic (exact) mass is 306 g/mol. The summed E-state index contributed by atoms with van der Waals surface area (Å²) < 4.78 is 27.1. The lowest BCUT2D eigenvalue weighted by atomic mass is 9.84. The van der Waals surface area contributed by atoms with Crippen LogP contribution in [0.1, 0.15) is 20.3 Å². The Bertz CT molecular complexity index is 352. The van der Waals surface area contributed by atoms with Crippen molar-refractivity contribution in [2.45, 2.75) is 37.6 Å². The zero-order valence-electron chi connectivity index (χ0n) is 11.2. The van der Waals surface area contributed by atoms with E-state index >= 15 is 0 Å². The first-order valence-corrected chi connectivity index (χ1v) is 9.06. The third kappa shape index (κ3) is 5.07. The molecule has 5 unspecified atom stereocenters. The first kappa shape index (κ1) is 15.9. The lowest BCUT2D eigenvalue weighted by Crippen LogP contribution is -2.26. The molecular formula is C11H20BO5PS. The molecule has 2 heterocycles. The van der Waals surface area contributed by atoms with Gasteiger partial charge in [-0.2, -0.15) is 11.8 Å². The molecule has 2 fully saturated rings. The van der Waals surface area contributed by atoms with Gasteiger partial charge < -0.3 is 9.63 Å². The molecule has 108 valence electrons. The van der Waals surface area contributed by atoms with Crippen LogP contribution in [0.15, 0.2) is 0 Å². The Kier molecular flexibility index (Phi) is 5.43. The molecule has 19 heavy (non-hydrogen) atoms. The highest BCUT2D eigenvalue weighted by Crippen LogP contribution is 2.46. The van der Waals surface area contributed by atoms with Crippen LogP contribution in [0.25, 0.3) is 0 Å². The molecule has 8 heteroatoms. The quantitative estimate of drug-likeness (QED) is 0.439. The first-order valence-electron chi connectivity index (χ1n) is 6.52. The van der Waals surface area contributed by atoms with Gasteiger partial charge in [0.1, 0.15) is 7.85 Å². The summed E-state index contributed by atoms with van der Waals surface area (Å²) in [5.74, 6) is 1.62. The lowest BCUT2D eigenvalue weighted by Gasteiger charge is -2.22. The minimum Gasteiger partial charge on any atom is -0.382 e. The van der Waals surface area contributed by atoms with Crippen LogP contribution < -0.4 is 0 Å². The minimum atomic E-state index is -3.97. The normalized spacial score (nSPS) is 37.5. The Morgan fingerprint density at radius 2 is 2.11 bits per heavy atom. The van der Waals surface area contributed by atoms with E-state index in [0.29, 0.717) is 11.2 Å². The molecule has 1 N–H and O–H groups in total. The van der Waals surface area contributed by atoms with Crippen LogP contribution in [0.2, 0.25) is 0 Å². The second kappa shape index (κ2) is 6.50. The molecule has 2 aliphatic rings. The van der Waals surface area contributed by atoms with Crippen LogP contribution in [-0.4, -0.2) is 49.1 Å². The van der Waals surface area contributed by atoms with E-state index in [9.17, 15) is 9.46 Å². The number of rotatable bonds is 7. The van der Waals surface area contributed by atoms with E-state index in [1.807, 2.05) is 0 Å². The topological polar surface area (TPSA) is 65.0 Å². The highest BCUT2D eigenvalue weighted by molar-refractivity contribution is 8.06. The number of ether oxygens (including phenoxy) is 1. The van der Waals surface area contributed by atoms with E-state index in [0.717, 1.165) is 12.2 Å². The Hall–Kier alpha value is 0.485. The average Bonchev–Trinajstić information content (AvgIpc) is 3.07. The fraction of sp³-hybridized carbons (Fsp3) is 1.00. The van der Waals surface area contributed by atoms with Crippen LogP contribution in [0.3, 0.4) is 0 Å². The molecule has 2 rings (SSSR count). The predicted octanol–water partition coefficient (Wildman–Crippen LogP) is 1.79. The van der Waals surface area contributed by atoms with E-state index in [-0.39, 0.29) is 31.2 Å². The van der Waals surface area contributed by atoms with Gasteiger partial charge in [-0.05, 0) is 18.3 Å². The summed E-state index contributed by atoms with van der Waals surface area (Å²) >= 11 is 1.70. The standard InChI is InChI=1S/C11H20BO5PS/c1-7(2)9-3-11(12)17-10(9)5-16-18(13,14)15-4-8-6-19-8/h7-11H,3-6H2,1-2H3,(H,13,14). The summed E-state index contributed by atoms with van der Waals surface area (Å²) in [4.78, 5) is 9.56. The molecular weight excluding hydrogens is 286 g/mol. The average molecular weight is 306 g/mol. The van der Waals surface area contributed by atoms with Crippen LogP contribution in [0.4, 0.5) is 0 Å². The van der Waals surface area contributed by atoms with Gasteiger partial charge in [0.2, 0.25) is 0 Å². The maximum atomic E-state index is 11.7. The zero-order valence-corrected chi connectivity index (χ0v) is 12.9. The summed E-state index contributed by atoms with van der Waals surface area (Å²) in [7, 11) is 1.79. The summed E-state index contributed by atoms with van der Waals surface area (Å²) in [6.45, 7) is 4.47. The smallest absolute Gasteiger partial charge is 0.382 e. The van der Waals surface area contributed by atoms with E-state index < -0.39 is 7.82 Å². The van der Waals surface area contributed by atoms with Gasteiger partial charge in [0.15, 0.2) is 0 Å². The van der Waals surface area contributed by atoms with Crippen molar-refractivity contribution >= 4 is 27.4 Å². The fourth-order valence-electron chi connectivity index (χ4n) is 2.21. The highest BCUT2D eigenvalue weighted by atomic mass is 32.2. The fourth-order valence-corrected chi connectivity index (χ4v) is 3.49. The van der Waals surface area contributed by atoms with Crippen LogP contribution in [0.5, 0.6) is 0 Å². The SMILES string of the molecule is [B]C1CC(C(C)C)C(COP(=O)(O)OCC2CS2)O1. The molecule has 5 atom stereocenters. The number of phosphoric acid groups is 1. The van der Waals surface area contributed by atoms with Gasteiger partial charge in [0, 0.05) is 17.0 Å². The van der Waals surface area contributed by atoms with Gasteiger partial charge in [-0.25, -0.2) is 4.57 Å². The van der Waals surface area contributed by atoms with Crippen molar-refractivity contribution in [1.82, 2.24) is 0 Å². The molecule has 0 amide bonds. The van der Waals surface area contributed by atoms with Crippen molar-refractivity contribution in [2.75, 3.05) is 19.0 Å². The molecule has 0 saturated carbocycles. The van der Waals surface area contributed by atoms with E-state index in [4.69, 9.17) is 21.6 Å². The van der Waals surface area contributed by atoms with Crippen molar-refractivity contribution in [2.24, 2.45) is 11.8 Å². The lowest BCUT2D eigenvalue weighted by molar-refractivity contribution is 0.0137. The largest absolute Gasteiger partial charge is 0.472 e. The summed E-state index contributed by atoms with van der Waals surface area (Å²) in [5, 5.41) is 0.337. The van der Waals surface area contributed by atoms with Crippen molar-refractivity contribution in [3.8, 4) is 0 Å². The van der Waals surface area contributed by atoms with E-state index in [2.05, 4.69) is 13.8 Å². The zero-order chi connectivity index (χ0) is 14.0. The van der Waals surface area contributed by atoms with Crippen molar-refractivity contribution < 1.29 is 23.2 Å². The molecule has 0 bridgehead atoms. The van der Waals surface area contributed by atoms with Gasteiger partial charge in [-0.1, -0.05) is 13.8 Å². The second-order valence-electron chi connectivity index (χ2n) is 5.37.